The Morgan fingerprint density at radius 1 is 1.26 bits per heavy atom. The quantitative estimate of drug-likeness (QED) is 0.656. The van der Waals surface area contributed by atoms with E-state index in [0.29, 0.717) is 11.3 Å². The number of aliphatic hydroxyl groups excluding tert-OH is 1. The van der Waals surface area contributed by atoms with Crippen molar-refractivity contribution < 1.29 is 19.4 Å². The van der Waals surface area contributed by atoms with Crippen molar-refractivity contribution in [1.82, 2.24) is 5.32 Å². The molecule has 1 aromatic rings. The molecule has 0 spiro atoms. The number of anilines is 1. The number of rotatable bonds is 5. The predicted octanol–water partition coefficient (Wildman–Crippen LogP) is 1.53. The summed E-state index contributed by atoms with van der Waals surface area (Å²) in [5, 5.41) is 15.2. The van der Waals surface area contributed by atoms with Gasteiger partial charge in [-0.25, -0.2) is 4.79 Å². The SMILES string of the molecule is C[C@H](N)C(=O)Nc1ccc(C(O)CNC(=O)OC(C)(C)C)cc1. The molecule has 1 aromatic carbocycles. The molecule has 0 saturated heterocycles. The summed E-state index contributed by atoms with van der Waals surface area (Å²) in [7, 11) is 0. The van der Waals surface area contributed by atoms with E-state index >= 15 is 0 Å². The molecule has 7 heteroatoms. The molecule has 1 unspecified atom stereocenters. The Labute approximate surface area is 136 Å². The summed E-state index contributed by atoms with van der Waals surface area (Å²) in [6, 6.07) is 6.05. The minimum Gasteiger partial charge on any atom is -0.444 e. The summed E-state index contributed by atoms with van der Waals surface area (Å²) < 4.78 is 5.09. The summed E-state index contributed by atoms with van der Waals surface area (Å²) in [6.45, 7) is 6.91. The van der Waals surface area contributed by atoms with Crippen LogP contribution >= 0.6 is 0 Å². The second kappa shape index (κ2) is 7.94. The Bertz CT molecular complexity index is 535. The van der Waals surface area contributed by atoms with Crippen molar-refractivity contribution in [3.8, 4) is 0 Å². The maximum Gasteiger partial charge on any atom is 0.407 e. The molecular weight excluding hydrogens is 298 g/mol. The third-order valence-electron chi connectivity index (χ3n) is 2.82. The lowest BCUT2D eigenvalue weighted by atomic mass is 10.1. The molecule has 0 aliphatic carbocycles. The van der Waals surface area contributed by atoms with E-state index in [2.05, 4.69) is 10.6 Å². The molecule has 0 saturated carbocycles. The van der Waals surface area contributed by atoms with Gasteiger partial charge >= 0.3 is 6.09 Å². The molecule has 0 aliphatic rings. The maximum atomic E-state index is 11.5. The number of amides is 2. The van der Waals surface area contributed by atoms with Gasteiger partial charge in [0.1, 0.15) is 5.60 Å². The smallest absolute Gasteiger partial charge is 0.407 e. The van der Waals surface area contributed by atoms with Crippen molar-refractivity contribution in [3.05, 3.63) is 29.8 Å². The highest BCUT2D eigenvalue weighted by Crippen LogP contribution is 2.16. The fourth-order valence-corrected chi connectivity index (χ4v) is 1.66. The van der Waals surface area contributed by atoms with Gasteiger partial charge in [-0.2, -0.15) is 0 Å². The normalized spacial score (nSPS) is 13.8. The van der Waals surface area contributed by atoms with E-state index in [1.165, 1.54) is 0 Å². The molecule has 128 valence electrons. The molecule has 23 heavy (non-hydrogen) atoms. The fourth-order valence-electron chi connectivity index (χ4n) is 1.66. The molecule has 1 rings (SSSR count). The highest BCUT2D eigenvalue weighted by Gasteiger charge is 2.17. The molecule has 0 aromatic heterocycles. The average Bonchev–Trinajstić information content (AvgIpc) is 2.43. The van der Waals surface area contributed by atoms with E-state index in [4.69, 9.17) is 10.5 Å². The molecule has 0 aliphatic heterocycles. The molecule has 0 fully saturated rings. The zero-order valence-corrected chi connectivity index (χ0v) is 13.9. The van der Waals surface area contributed by atoms with E-state index in [9.17, 15) is 14.7 Å². The Hall–Kier alpha value is -2.12. The van der Waals surface area contributed by atoms with E-state index in [1.807, 2.05) is 0 Å². The second-order valence-corrected chi connectivity index (χ2v) is 6.30. The minimum atomic E-state index is -0.874. The zero-order chi connectivity index (χ0) is 17.6. The third-order valence-corrected chi connectivity index (χ3v) is 2.82. The lowest BCUT2D eigenvalue weighted by Gasteiger charge is -2.20. The monoisotopic (exact) mass is 323 g/mol. The van der Waals surface area contributed by atoms with Crippen molar-refractivity contribution >= 4 is 17.7 Å². The van der Waals surface area contributed by atoms with Gasteiger partial charge in [0, 0.05) is 5.69 Å². The topological polar surface area (TPSA) is 114 Å². The van der Waals surface area contributed by atoms with Crippen LogP contribution in [-0.2, 0) is 9.53 Å². The van der Waals surface area contributed by atoms with Gasteiger partial charge in [0.15, 0.2) is 0 Å². The molecule has 2 atom stereocenters. The maximum absolute atomic E-state index is 11.5. The number of ether oxygens (including phenoxy) is 1. The van der Waals surface area contributed by atoms with Gasteiger partial charge < -0.3 is 26.2 Å². The fraction of sp³-hybridized carbons (Fsp3) is 0.500. The number of carbonyl (C=O) groups excluding carboxylic acids is 2. The first-order valence-corrected chi connectivity index (χ1v) is 7.40. The van der Waals surface area contributed by atoms with Crippen molar-refractivity contribution in [2.45, 2.75) is 45.4 Å². The summed E-state index contributed by atoms with van der Waals surface area (Å²) >= 11 is 0. The number of nitrogens with one attached hydrogen (secondary N) is 2. The Balaban J connectivity index is 2.52. The highest BCUT2D eigenvalue weighted by molar-refractivity contribution is 5.94. The highest BCUT2D eigenvalue weighted by atomic mass is 16.6. The van der Waals surface area contributed by atoms with E-state index in [-0.39, 0.29) is 12.5 Å². The van der Waals surface area contributed by atoms with Crippen molar-refractivity contribution in [2.75, 3.05) is 11.9 Å². The lowest BCUT2D eigenvalue weighted by Crippen LogP contribution is -2.34. The minimum absolute atomic E-state index is 0.0282. The number of aliphatic hydroxyl groups is 1. The Kier molecular flexibility index (Phi) is 6.53. The van der Waals surface area contributed by atoms with Crippen molar-refractivity contribution in [1.29, 1.82) is 0 Å². The number of hydrogen-bond donors (Lipinski definition) is 4. The third kappa shape index (κ3) is 7.12. The van der Waals surface area contributed by atoms with E-state index in [0.717, 1.165) is 0 Å². The van der Waals surface area contributed by atoms with Crippen molar-refractivity contribution in [2.24, 2.45) is 5.73 Å². The molecule has 0 radical (unpaired) electrons. The van der Waals surface area contributed by atoms with Gasteiger partial charge in [-0.3, -0.25) is 4.79 Å². The van der Waals surface area contributed by atoms with E-state index < -0.39 is 23.8 Å². The number of alkyl carbamates (subject to hydrolysis) is 1. The van der Waals surface area contributed by atoms with Crippen LogP contribution in [0.3, 0.4) is 0 Å². The Morgan fingerprint density at radius 2 is 1.83 bits per heavy atom. The van der Waals surface area contributed by atoms with Gasteiger partial charge in [0.2, 0.25) is 5.91 Å². The largest absolute Gasteiger partial charge is 0.444 e. The summed E-state index contributed by atoms with van der Waals surface area (Å²) in [5.41, 5.74) is 6.08. The van der Waals surface area contributed by atoms with Crippen LogP contribution in [-0.4, -0.2) is 35.3 Å². The number of nitrogens with two attached hydrogens (primary N) is 1. The Morgan fingerprint density at radius 3 is 2.30 bits per heavy atom. The summed E-state index contributed by atoms with van der Waals surface area (Å²) in [4.78, 5) is 23.0. The standard InChI is InChI=1S/C16H25N3O4/c1-10(17)14(21)19-12-7-5-11(6-8-12)13(20)9-18-15(22)23-16(2,3)4/h5-8,10,13,20H,9,17H2,1-4H3,(H,18,22)(H,19,21)/t10-,13?/m0/s1. The van der Waals surface area contributed by atoms with Crippen molar-refractivity contribution in [3.63, 3.8) is 0 Å². The van der Waals surface area contributed by atoms with Crippen LogP contribution in [0.5, 0.6) is 0 Å². The van der Waals surface area contributed by atoms with Gasteiger partial charge in [0.25, 0.3) is 0 Å². The van der Waals surface area contributed by atoms with Gasteiger partial charge in [-0.15, -0.1) is 0 Å². The molecule has 7 nitrogen and oxygen atoms in total. The predicted molar refractivity (Wildman–Crippen MR) is 87.9 cm³/mol. The molecule has 0 heterocycles. The summed E-state index contributed by atoms with van der Waals surface area (Å²) in [5.74, 6) is -0.287. The van der Waals surface area contributed by atoms with Crippen LogP contribution in [0.1, 0.15) is 39.4 Å². The van der Waals surface area contributed by atoms with Crippen LogP contribution in [0, 0.1) is 0 Å². The van der Waals surface area contributed by atoms with Crippen LogP contribution in [0.15, 0.2) is 24.3 Å². The van der Waals surface area contributed by atoms with Gasteiger partial charge in [0.05, 0.1) is 18.7 Å². The first-order valence-electron chi connectivity index (χ1n) is 7.40. The lowest BCUT2D eigenvalue weighted by molar-refractivity contribution is -0.117. The van der Waals surface area contributed by atoms with E-state index in [1.54, 1.807) is 52.0 Å². The molecular formula is C16H25N3O4. The molecule has 5 N–H and O–H groups in total. The van der Waals surface area contributed by atoms with Gasteiger partial charge in [-0.1, -0.05) is 12.1 Å². The zero-order valence-electron chi connectivity index (χ0n) is 13.9. The number of hydrogen-bond acceptors (Lipinski definition) is 5. The number of carbonyl (C=O) groups is 2. The first-order chi connectivity index (χ1) is 10.6. The molecule has 0 bridgehead atoms. The van der Waals surface area contributed by atoms with Crippen LogP contribution < -0.4 is 16.4 Å². The van der Waals surface area contributed by atoms with Crippen LogP contribution in [0.2, 0.25) is 0 Å². The molecule has 2 amide bonds. The number of benzene rings is 1. The average molecular weight is 323 g/mol. The van der Waals surface area contributed by atoms with Crippen LogP contribution in [0.25, 0.3) is 0 Å². The second-order valence-electron chi connectivity index (χ2n) is 6.30. The first kappa shape index (κ1) is 18.9. The van der Waals surface area contributed by atoms with Gasteiger partial charge in [-0.05, 0) is 45.4 Å². The van der Waals surface area contributed by atoms with Crippen LogP contribution in [0.4, 0.5) is 10.5 Å². The summed E-state index contributed by atoms with van der Waals surface area (Å²) in [6.07, 6.45) is -1.46.